The molecule has 0 atom stereocenters. The number of rotatable bonds is 3. The van der Waals surface area contributed by atoms with E-state index >= 15 is 0 Å². The van der Waals surface area contributed by atoms with E-state index in [-0.39, 0.29) is 17.4 Å². The minimum atomic E-state index is -0.306. The number of thiocarbonyl (C=S) groups is 1. The number of nitrogens with zero attached hydrogens (tertiary/aromatic N) is 3. The number of fused-ring (bicyclic) bond motifs is 4. The molecule has 1 aromatic carbocycles. The normalized spacial score (nSPS) is 21.8. The van der Waals surface area contributed by atoms with Gasteiger partial charge in [-0.1, -0.05) is 30.3 Å². The first kappa shape index (κ1) is 21.8. The fraction of sp³-hybridized carbons (Fsp3) is 0.370. The molecule has 0 radical (unpaired) electrons. The van der Waals surface area contributed by atoms with Gasteiger partial charge < -0.3 is 4.90 Å². The zero-order chi connectivity index (χ0) is 23.1. The van der Waals surface area contributed by atoms with Crippen molar-refractivity contribution in [2.24, 2.45) is 0 Å². The van der Waals surface area contributed by atoms with Crippen LogP contribution in [0.5, 0.6) is 0 Å². The predicted octanol–water partition coefficient (Wildman–Crippen LogP) is 4.58. The number of benzene rings is 1. The van der Waals surface area contributed by atoms with Crippen LogP contribution in [0.2, 0.25) is 0 Å². The van der Waals surface area contributed by atoms with E-state index in [9.17, 15) is 9.59 Å². The first-order valence-electron chi connectivity index (χ1n) is 11.9. The molecule has 3 heterocycles. The number of hydrogen-bond donors (Lipinski definition) is 0. The minimum Gasteiger partial charge on any atom is -0.344 e. The molecule has 0 unspecified atom stereocenters. The third-order valence-corrected chi connectivity index (χ3v) is 7.51. The van der Waals surface area contributed by atoms with Gasteiger partial charge in [0.05, 0.1) is 0 Å². The quantitative estimate of drug-likeness (QED) is 0.377. The zero-order valence-corrected chi connectivity index (χ0v) is 20.1. The zero-order valence-electron chi connectivity index (χ0n) is 19.3. The van der Waals surface area contributed by atoms with Gasteiger partial charge in [-0.25, -0.2) is 0 Å². The van der Waals surface area contributed by atoms with Crippen LogP contribution < -0.4 is 0 Å². The Kier molecular flexibility index (Phi) is 5.79. The Balaban J connectivity index is 1.60. The van der Waals surface area contributed by atoms with Crippen molar-refractivity contribution in [3.05, 3.63) is 76.0 Å². The van der Waals surface area contributed by atoms with E-state index in [4.69, 9.17) is 12.2 Å². The summed E-state index contributed by atoms with van der Waals surface area (Å²) in [6.45, 7) is 5.65. The molecular formula is C27H29N3O2S. The van der Waals surface area contributed by atoms with E-state index < -0.39 is 0 Å². The lowest BCUT2D eigenvalue weighted by atomic mass is 9.83. The van der Waals surface area contributed by atoms with Gasteiger partial charge in [-0.3, -0.25) is 19.4 Å². The molecule has 2 amide bonds. The number of carbonyl (C=O) groups is 2. The van der Waals surface area contributed by atoms with Crippen LogP contribution in [0.4, 0.5) is 0 Å². The number of likely N-dealkylation sites (N-methyl/N-ethyl adjacent to an activating group) is 2. The predicted molar refractivity (Wildman–Crippen MR) is 134 cm³/mol. The summed E-state index contributed by atoms with van der Waals surface area (Å²) in [6.07, 6.45) is 11.5. The maximum atomic E-state index is 13.0. The summed E-state index contributed by atoms with van der Waals surface area (Å²) in [4.78, 5) is 31.6. The lowest BCUT2D eigenvalue weighted by Gasteiger charge is -2.41. The van der Waals surface area contributed by atoms with E-state index in [1.54, 1.807) is 6.08 Å². The van der Waals surface area contributed by atoms with E-state index in [1.165, 1.54) is 50.7 Å². The summed E-state index contributed by atoms with van der Waals surface area (Å²) < 4.78 is 0. The summed E-state index contributed by atoms with van der Waals surface area (Å²) in [5, 5.41) is 0.298. The molecule has 0 aromatic heterocycles. The minimum absolute atomic E-state index is 0.183. The van der Waals surface area contributed by atoms with Crippen molar-refractivity contribution in [2.45, 2.75) is 46.0 Å². The Morgan fingerprint density at radius 3 is 2.36 bits per heavy atom. The van der Waals surface area contributed by atoms with Crippen molar-refractivity contribution in [3.63, 3.8) is 0 Å². The van der Waals surface area contributed by atoms with Crippen LogP contribution in [-0.4, -0.2) is 51.3 Å². The van der Waals surface area contributed by atoms with Crippen LogP contribution in [0, 0.1) is 0 Å². The van der Waals surface area contributed by atoms with Gasteiger partial charge in [0, 0.05) is 36.6 Å². The van der Waals surface area contributed by atoms with Crippen molar-refractivity contribution in [3.8, 4) is 0 Å². The largest absolute Gasteiger partial charge is 0.344 e. The van der Waals surface area contributed by atoms with Crippen LogP contribution >= 0.6 is 12.2 Å². The molecule has 3 aliphatic heterocycles. The van der Waals surface area contributed by atoms with Crippen LogP contribution in [0.25, 0.3) is 5.70 Å². The fourth-order valence-electron chi connectivity index (χ4n) is 5.38. The Hall–Kier alpha value is -2.99. The second-order valence-electron chi connectivity index (χ2n) is 8.80. The van der Waals surface area contributed by atoms with Gasteiger partial charge in [-0.15, -0.1) is 0 Å². The summed E-state index contributed by atoms with van der Waals surface area (Å²) in [6, 6.07) is 8.62. The topological polar surface area (TPSA) is 43.9 Å². The molecule has 1 fully saturated rings. The highest BCUT2D eigenvalue weighted by atomic mass is 32.1. The van der Waals surface area contributed by atoms with Crippen molar-refractivity contribution >= 4 is 34.8 Å². The van der Waals surface area contributed by atoms with Crippen molar-refractivity contribution in [1.29, 1.82) is 0 Å². The second kappa shape index (κ2) is 8.75. The smallest absolute Gasteiger partial charge is 0.265 e. The fourth-order valence-corrected chi connectivity index (χ4v) is 5.80. The summed E-state index contributed by atoms with van der Waals surface area (Å²) in [5.74, 6) is -0.611. The second-order valence-corrected chi connectivity index (χ2v) is 9.17. The molecule has 6 heteroatoms. The standard InChI is InChI=1S/C27H29N3O2S/c1-3-28-25(31)22(26(32)29(4-2)27(28)33)14-13-19-17-24-20-10-6-5-9-18(20)15-16-30(24)23-12-8-7-11-21(19)23/h5-6,9-10,13-14,17H,3-4,7-8,11-12,15-16H2,1-2H3. The molecule has 0 saturated carbocycles. The van der Waals surface area contributed by atoms with E-state index in [0.717, 1.165) is 31.4 Å². The summed E-state index contributed by atoms with van der Waals surface area (Å²) in [5.41, 5.74) is 7.94. The third kappa shape index (κ3) is 3.57. The third-order valence-electron chi connectivity index (χ3n) is 7.07. The van der Waals surface area contributed by atoms with Gasteiger partial charge in [-0.2, -0.15) is 0 Å². The number of hydrogen-bond acceptors (Lipinski definition) is 4. The lowest BCUT2D eigenvalue weighted by Crippen LogP contribution is -2.55. The Bertz CT molecular complexity index is 1150. The van der Waals surface area contributed by atoms with Gasteiger partial charge in [-0.05, 0) is 87.0 Å². The Labute approximate surface area is 200 Å². The molecule has 0 bridgehead atoms. The van der Waals surface area contributed by atoms with Crippen molar-refractivity contribution < 1.29 is 9.59 Å². The molecule has 1 aliphatic carbocycles. The van der Waals surface area contributed by atoms with Crippen molar-refractivity contribution in [2.75, 3.05) is 19.6 Å². The van der Waals surface area contributed by atoms with Crippen LogP contribution in [-0.2, 0) is 16.0 Å². The lowest BCUT2D eigenvalue weighted by molar-refractivity contribution is -0.133. The summed E-state index contributed by atoms with van der Waals surface area (Å²) >= 11 is 5.39. The van der Waals surface area contributed by atoms with E-state index in [1.807, 2.05) is 19.9 Å². The average Bonchev–Trinajstić information content (AvgIpc) is 2.84. The molecule has 1 saturated heterocycles. The highest BCUT2D eigenvalue weighted by Gasteiger charge is 2.38. The molecule has 4 aliphatic rings. The molecule has 0 spiro atoms. The molecule has 5 rings (SSSR count). The SMILES string of the molecule is CCN1C(=O)C(=CC=C2C=C3c4ccccc4CCN3C3=C2CCCC3)C(=O)N(CC)C1=S. The van der Waals surface area contributed by atoms with Crippen LogP contribution in [0.15, 0.2) is 64.9 Å². The van der Waals surface area contributed by atoms with Crippen LogP contribution in [0.1, 0.15) is 50.7 Å². The maximum Gasteiger partial charge on any atom is 0.265 e. The van der Waals surface area contributed by atoms with Gasteiger partial charge in [0.15, 0.2) is 5.11 Å². The van der Waals surface area contributed by atoms with E-state index in [0.29, 0.717) is 18.2 Å². The Morgan fingerprint density at radius 2 is 1.64 bits per heavy atom. The average molecular weight is 460 g/mol. The molecule has 1 aromatic rings. The highest BCUT2D eigenvalue weighted by molar-refractivity contribution is 7.80. The first-order valence-corrected chi connectivity index (χ1v) is 12.4. The Morgan fingerprint density at radius 1 is 0.939 bits per heavy atom. The van der Waals surface area contributed by atoms with Gasteiger partial charge in [0.2, 0.25) is 0 Å². The van der Waals surface area contributed by atoms with E-state index in [2.05, 4.69) is 35.2 Å². The molecule has 0 N–H and O–H groups in total. The van der Waals surface area contributed by atoms with Gasteiger partial charge in [0.1, 0.15) is 5.57 Å². The van der Waals surface area contributed by atoms with Gasteiger partial charge >= 0.3 is 0 Å². The van der Waals surface area contributed by atoms with Crippen LogP contribution in [0.3, 0.4) is 0 Å². The first-order chi connectivity index (χ1) is 16.0. The maximum absolute atomic E-state index is 13.0. The summed E-state index contributed by atoms with van der Waals surface area (Å²) in [7, 11) is 0. The molecular weight excluding hydrogens is 430 g/mol. The van der Waals surface area contributed by atoms with Gasteiger partial charge in [0.25, 0.3) is 11.8 Å². The molecule has 33 heavy (non-hydrogen) atoms. The highest BCUT2D eigenvalue weighted by Crippen LogP contribution is 2.44. The monoisotopic (exact) mass is 459 g/mol. The number of allylic oxidation sites excluding steroid dienone is 6. The molecule has 170 valence electrons. The van der Waals surface area contributed by atoms with Crippen molar-refractivity contribution in [1.82, 2.24) is 14.7 Å². The molecule has 5 nitrogen and oxygen atoms in total. The number of carbonyl (C=O) groups excluding carboxylic acids is 2. The number of amides is 2.